The van der Waals surface area contributed by atoms with E-state index in [1.165, 1.54) is 0 Å². The van der Waals surface area contributed by atoms with E-state index in [0.717, 1.165) is 27.7 Å². The van der Waals surface area contributed by atoms with Gasteiger partial charge < -0.3 is 5.32 Å². The monoisotopic (exact) mass is 305 g/mol. The van der Waals surface area contributed by atoms with Crippen molar-refractivity contribution in [2.75, 3.05) is 5.32 Å². The minimum Gasteiger partial charge on any atom is -0.340 e. The molecule has 0 saturated heterocycles. The zero-order chi connectivity index (χ0) is 14.9. The van der Waals surface area contributed by atoms with Gasteiger partial charge >= 0.3 is 0 Å². The highest BCUT2D eigenvalue weighted by Gasteiger charge is 2.09. The van der Waals surface area contributed by atoms with Crippen molar-refractivity contribution in [3.05, 3.63) is 71.9 Å². The molecule has 106 valence electrons. The van der Waals surface area contributed by atoms with E-state index < -0.39 is 0 Å². The molecule has 0 bridgehead atoms. The van der Waals surface area contributed by atoms with Crippen molar-refractivity contribution in [2.45, 2.75) is 0 Å². The summed E-state index contributed by atoms with van der Waals surface area (Å²) in [4.78, 5) is 9.03. The van der Waals surface area contributed by atoms with E-state index in [-0.39, 0.29) is 0 Å². The van der Waals surface area contributed by atoms with E-state index in [1.54, 1.807) is 6.20 Å². The number of benzene rings is 2. The molecule has 0 aliphatic heterocycles. The average molecular weight is 306 g/mol. The van der Waals surface area contributed by atoms with Crippen LogP contribution < -0.4 is 5.32 Å². The predicted molar refractivity (Wildman–Crippen MR) is 91.8 cm³/mol. The van der Waals surface area contributed by atoms with Gasteiger partial charge in [-0.3, -0.25) is 0 Å². The lowest BCUT2D eigenvalue weighted by Gasteiger charge is -2.11. The molecule has 0 unspecified atom stereocenters. The van der Waals surface area contributed by atoms with Crippen molar-refractivity contribution in [3.63, 3.8) is 0 Å². The highest BCUT2D eigenvalue weighted by Crippen LogP contribution is 2.31. The van der Waals surface area contributed by atoms with Crippen LogP contribution in [0.3, 0.4) is 0 Å². The number of nitrogens with zero attached hydrogens (tertiary/aromatic N) is 2. The van der Waals surface area contributed by atoms with E-state index >= 15 is 0 Å². The third-order valence-corrected chi connectivity index (χ3v) is 3.80. The summed E-state index contributed by atoms with van der Waals surface area (Å²) in [5, 5.41) is 7.13. The van der Waals surface area contributed by atoms with Crippen molar-refractivity contribution in [1.29, 1.82) is 0 Å². The summed E-state index contributed by atoms with van der Waals surface area (Å²) in [5.74, 6) is 0.782. The first-order valence-corrected chi connectivity index (χ1v) is 7.35. The van der Waals surface area contributed by atoms with Gasteiger partial charge in [-0.05, 0) is 47.9 Å². The van der Waals surface area contributed by atoms with Crippen LogP contribution in [0.5, 0.6) is 0 Å². The molecule has 0 fully saturated rings. The lowest BCUT2D eigenvalue weighted by Crippen LogP contribution is -1.96. The largest absolute Gasteiger partial charge is 0.340 e. The van der Waals surface area contributed by atoms with Crippen LogP contribution in [0.2, 0.25) is 5.02 Å². The summed E-state index contributed by atoms with van der Waals surface area (Å²) in [5.41, 5.74) is 1.69. The van der Waals surface area contributed by atoms with Crippen molar-refractivity contribution in [1.82, 2.24) is 9.97 Å². The first kappa shape index (κ1) is 13.0. The molecule has 2 aromatic carbocycles. The fourth-order valence-corrected chi connectivity index (χ4v) is 2.73. The molecular weight excluding hydrogens is 294 g/mol. The van der Waals surface area contributed by atoms with Crippen LogP contribution >= 0.6 is 11.6 Å². The summed E-state index contributed by atoms with van der Waals surface area (Å²) in [6.45, 7) is 0. The minimum atomic E-state index is 0.703. The molecule has 4 heteroatoms. The second-order valence-corrected chi connectivity index (χ2v) is 5.45. The molecule has 0 aliphatic carbocycles. The number of nitrogens with one attached hydrogen (secondary N) is 1. The number of rotatable bonds is 2. The molecule has 4 rings (SSSR count). The second-order valence-electron chi connectivity index (χ2n) is 5.02. The zero-order valence-corrected chi connectivity index (χ0v) is 12.4. The summed E-state index contributed by atoms with van der Waals surface area (Å²) >= 11 is 6.17. The van der Waals surface area contributed by atoms with Gasteiger partial charge in [-0.15, -0.1) is 0 Å². The summed E-state index contributed by atoms with van der Waals surface area (Å²) in [6.07, 6.45) is 1.75. The van der Waals surface area contributed by atoms with Crippen LogP contribution in [-0.4, -0.2) is 9.97 Å². The van der Waals surface area contributed by atoms with Crippen LogP contribution in [0.4, 0.5) is 11.5 Å². The average Bonchev–Trinajstić information content (AvgIpc) is 2.56. The van der Waals surface area contributed by atoms with Crippen LogP contribution in [0, 0.1) is 0 Å². The first-order valence-electron chi connectivity index (χ1n) is 6.97. The Kier molecular flexibility index (Phi) is 3.13. The van der Waals surface area contributed by atoms with Gasteiger partial charge in [-0.25, -0.2) is 9.97 Å². The van der Waals surface area contributed by atoms with E-state index in [4.69, 9.17) is 11.6 Å². The summed E-state index contributed by atoms with van der Waals surface area (Å²) in [6, 6.07) is 19.7. The predicted octanol–water partition coefficient (Wildman–Crippen LogP) is 5.18. The van der Waals surface area contributed by atoms with E-state index in [0.29, 0.717) is 10.7 Å². The van der Waals surface area contributed by atoms with Gasteiger partial charge in [0.05, 0.1) is 0 Å². The van der Waals surface area contributed by atoms with Crippen molar-refractivity contribution in [3.8, 4) is 0 Å². The van der Waals surface area contributed by atoms with Crippen molar-refractivity contribution in [2.24, 2.45) is 0 Å². The molecule has 22 heavy (non-hydrogen) atoms. The Hall–Kier alpha value is -2.65. The lowest BCUT2D eigenvalue weighted by molar-refractivity contribution is 1.29. The fourth-order valence-electron chi connectivity index (χ4n) is 2.56. The summed E-state index contributed by atoms with van der Waals surface area (Å²) in [7, 11) is 0. The molecule has 0 spiro atoms. The third kappa shape index (κ3) is 2.26. The Morgan fingerprint density at radius 2 is 1.68 bits per heavy atom. The van der Waals surface area contributed by atoms with E-state index in [9.17, 15) is 0 Å². The quantitative estimate of drug-likeness (QED) is 0.518. The van der Waals surface area contributed by atoms with Gasteiger partial charge in [0.15, 0.2) is 5.65 Å². The highest BCUT2D eigenvalue weighted by molar-refractivity contribution is 6.32. The molecule has 0 aliphatic rings. The number of para-hydroxylation sites is 1. The first-order chi connectivity index (χ1) is 10.8. The Morgan fingerprint density at radius 3 is 2.55 bits per heavy atom. The number of anilines is 2. The number of fused-ring (bicyclic) bond motifs is 3. The van der Waals surface area contributed by atoms with Crippen molar-refractivity contribution >= 4 is 44.9 Å². The summed E-state index contributed by atoms with van der Waals surface area (Å²) < 4.78 is 0. The van der Waals surface area contributed by atoms with Gasteiger partial charge in [-0.2, -0.15) is 0 Å². The van der Waals surface area contributed by atoms with Gasteiger partial charge in [0.1, 0.15) is 5.82 Å². The smallest absolute Gasteiger partial charge is 0.162 e. The molecule has 3 nitrogen and oxygen atoms in total. The molecule has 4 aromatic rings. The SMILES string of the molecule is Clc1ccc2c(Nc3ccccc3)nc3ncccc3c2c1. The fraction of sp³-hybridized carbons (Fsp3) is 0. The van der Waals surface area contributed by atoms with Crippen LogP contribution in [-0.2, 0) is 0 Å². The van der Waals surface area contributed by atoms with Gasteiger partial charge in [0, 0.05) is 27.7 Å². The maximum Gasteiger partial charge on any atom is 0.162 e. The Morgan fingerprint density at radius 1 is 0.818 bits per heavy atom. The van der Waals surface area contributed by atoms with Gasteiger partial charge in [0.25, 0.3) is 0 Å². The number of hydrogen-bond donors (Lipinski definition) is 1. The van der Waals surface area contributed by atoms with Crippen LogP contribution in [0.1, 0.15) is 0 Å². The maximum absolute atomic E-state index is 6.17. The Balaban J connectivity index is 2.00. The third-order valence-electron chi connectivity index (χ3n) is 3.57. The van der Waals surface area contributed by atoms with Gasteiger partial charge in [-0.1, -0.05) is 29.8 Å². The van der Waals surface area contributed by atoms with Crippen molar-refractivity contribution < 1.29 is 0 Å². The lowest BCUT2D eigenvalue weighted by atomic mass is 10.1. The number of halogens is 1. The molecule has 1 N–H and O–H groups in total. The molecule has 0 amide bonds. The number of aromatic nitrogens is 2. The Bertz CT molecular complexity index is 968. The minimum absolute atomic E-state index is 0.703. The van der Waals surface area contributed by atoms with E-state index in [2.05, 4.69) is 15.3 Å². The topological polar surface area (TPSA) is 37.8 Å². The maximum atomic E-state index is 6.17. The normalized spacial score (nSPS) is 11.0. The second kappa shape index (κ2) is 5.28. The highest BCUT2D eigenvalue weighted by atomic mass is 35.5. The number of hydrogen-bond acceptors (Lipinski definition) is 3. The molecule has 2 aromatic heterocycles. The zero-order valence-electron chi connectivity index (χ0n) is 11.6. The van der Waals surface area contributed by atoms with Crippen LogP contribution in [0.25, 0.3) is 21.8 Å². The van der Waals surface area contributed by atoms with Crippen LogP contribution in [0.15, 0.2) is 66.9 Å². The number of pyridine rings is 2. The molecule has 0 atom stereocenters. The molecular formula is C18H12ClN3. The Labute approximate surface area is 132 Å². The van der Waals surface area contributed by atoms with E-state index in [1.807, 2.05) is 60.7 Å². The molecule has 0 saturated carbocycles. The standard InChI is InChI=1S/C18H12ClN3/c19-12-8-9-15-16(11-12)14-7-4-10-20-17(14)22-18(15)21-13-5-2-1-3-6-13/h1-11H,(H,20,21,22). The molecule has 0 radical (unpaired) electrons. The molecule has 2 heterocycles. The van der Waals surface area contributed by atoms with Gasteiger partial charge in [0.2, 0.25) is 0 Å².